The molecular formula is C50H52N3OPt-. The van der Waals surface area contributed by atoms with Crippen molar-refractivity contribution in [2.24, 2.45) is 0 Å². The zero-order chi connectivity index (χ0) is 38.5. The summed E-state index contributed by atoms with van der Waals surface area (Å²) >= 11 is 0. The van der Waals surface area contributed by atoms with Gasteiger partial charge in [-0.3, -0.25) is 9.55 Å². The topological polar surface area (TPSA) is 50.9 Å². The largest absolute Gasteiger partial charge is 0.507 e. The van der Waals surface area contributed by atoms with E-state index in [0.29, 0.717) is 23.2 Å². The maximum atomic E-state index is 11.1. The number of phenolic OH excluding ortho intramolecular Hbond substituents is 1. The van der Waals surface area contributed by atoms with Crippen molar-refractivity contribution in [3.63, 3.8) is 0 Å². The number of nitrogens with zero attached hydrogens (tertiary/aromatic N) is 3. The number of pyridine rings is 1. The normalized spacial score (nSPS) is 12.1. The molecule has 0 aliphatic carbocycles. The molecule has 5 heteroatoms. The van der Waals surface area contributed by atoms with Crippen LogP contribution in [0.4, 0.5) is 0 Å². The summed E-state index contributed by atoms with van der Waals surface area (Å²) in [5.74, 6) is 1.74. The molecule has 0 spiro atoms. The van der Waals surface area contributed by atoms with Crippen molar-refractivity contribution >= 4 is 11.0 Å². The predicted molar refractivity (Wildman–Crippen MR) is 227 cm³/mol. The first-order valence-corrected chi connectivity index (χ1v) is 19.2. The second-order valence-electron chi connectivity index (χ2n) is 17.3. The fourth-order valence-corrected chi connectivity index (χ4v) is 7.05. The van der Waals surface area contributed by atoms with E-state index in [1.807, 2.05) is 42.6 Å². The fourth-order valence-electron chi connectivity index (χ4n) is 7.05. The summed E-state index contributed by atoms with van der Waals surface area (Å²) in [5, 5.41) is 11.1. The summed E-state index contributed by atoms with van der Waals surface area (Å²) in [6.07, 6.45) is 1.93. The van der Waals surface area contributed by atoms with Crippen molar-refractivity contribution in [3.8, 4) is 56.3 Å². The number of imidazole rings is 1. The monoisotopic (exact) mass is 905 g/mol. The molecule has 0 bridgehead atoms. The van der Waals surface area contributed by atoms with Crippen LogP contribution >= 0.6 is 0 Å². The molecule has 7 rings (SSSR count). The minimum atomic E-state index is -0.149. The van der Waals surface area contributed by atoms with Gasteiger partial charge < -0.3 is 5.11 Å². The van der Waals surface area contributed by atoms with E-state index < -0.39 is 0 Å². The molecule has 0 fully saturated rings. The smallest absolute Gasteiger partial charge is 0.148 e. The number of hydrogen-bond acceptors (Lipinski definition) is 3. The summed E-state index contributed by atoms with van der Waals surface area (Å²) < 4.78 is 2.18. The Morgan fingerprint density at radius 3 is 1.84 bits per heavy atom. The number of fused-ring (bicyclic) bond motifs is 1. The Balaban J connectivity index is 0.00000514. The molecule has 0 unspecified atom stereocenters. The van der Waals surface area contributed by atoms with E-state index in [0.717, 1.165) is 44.7 Å². The van der Waals surface area contributed by atoms with Gasteiger partial charge in [0.25, 0.3) is 0 Å². The first kappa shape index (κ1) is 39.9. The number of benzene rings is 5. The zero-order valence-corrected chi connectivity index (χ0v) is 36.0. The third-order valence-corrected chi connectivity index (χ3v) is 10.5. The molecule has 284 valence electrons. The Labute approximate surface area is 342 Å². The molecular weight excluding hydrogens is 854 g/mol. The number of rotatable bonds is 7. The molecule has 0 saturated carbocycles. The van der Waals surface area contributed by atoms with Crippen LogP contribution in [-0.4, -0.2) is 19.6 Å². The molecule has 0 atom stereocenters. The van der Waals surface area contributed by atoms with E-state index in [2.05, 4.69) is 147 Å². The second kappa shape index (κ2) is 15.4. The van der Waals surface area contributed by atoms with Gasteiger partial charge in [0.1, 0.15) is 11.6 Å². The van der Waals surface area contributed by atoms with Gasteiger partial charge in [0.2, 0.25) is 0 Å². The average Bonchev–Trinajstić information content (AvgIpc) is 3.53. The number of para-hydroxylation sites is 2. The number of aromatic hydroxyl groups is 1. The van der Waals surface area contributed by atoms with E-state index in [4.69, 9.17) is 9.97 Å². The van der Waals surface area contributed by atoms with Gasteiger partial charge in [0, 0.05) is 38.6 Å². The molecule has 0 saturated heterocycles. The van der Waals surface area contributed by atoms with Crippen LogP contribution in [0.5, 0.6) is 5.75 Å². The predicted octanol–water partition coefficient (Wildman–Crippen LogP) is 13.4. The van der Waals surface area contributed by atoms with Crippen molar-refractivity contribution in [3.05, 3.63) is 144 Å². The van der Waals surface area contributed by atoms with Gasteiger partial charge in [0.15, 0.2) is 0 Å². The summed E-state index contributed by atoms with van der Waals surface area (Å²) in [7, 11) is 0. The van der Waals surface area contributed by atoms with Gasteiger partial charge in [-0.25, -0.2) is 4.98 Å². The van der Waals surface area contributed by atoms with Gasteiger partial charge in [-0.2, -0.15) is 0 Å². The van der Waals surface area contributed by atoms with E-state index in [-0.39, 0.29) is 37.6 Å². The maximum Gasteiger partial charge on any atom is 0.148 e. The number of aromatic nitrogens is 3. The van der Waals surface area contributed by atoms with Crippen LogP contribution < -0.4 is 0 Å². The first-order chi connectivity index (χ1) is 25.6. The average molecular weight is 906 g/mol. The maximum absolute atomic E-state index is 11.1. The fraction of sp³-hybridized carbons (Fsp3) is 0.280. The second-order valence-corrected chi connectivity index (χ2v) is 17.3. The molecule has 5 aromatic carbocycles. The van der Waals surface area contributed by atoms with Crippen LogP contribution in [-0.2, 0) is 31.9 Å². The van der Waals surface area contributed by atoms with Gasteiger partial charge in [-0.05, 0) is 86.9 Å². The van der Waals surface area contributed by atoms with Crippen molar-refractivity contribution in [1.29, 1.82) is 0 Å². The Hall–Kier alpha value is -4.79. The molecule has 7 aromatic rings. The van der Waals surface area contributed by atoms with Gasteiger partial charge in [0.05, 0.1) is 16.6 Å². The molecule has 2 heterocycles. The molecule has 0 aliphatic rings. The molecule has 1 N–H and O–H groups in total. The van der Waals surface area contributed by atoms with Crippen molar-refractivity contribution in [2.75, 3.05) is 0 Å². The minimum absolute atomic E-state index is 0. The molecule has 0 aliphatic heterocycles. The van der Waals surface area contributed by atoms with Crippen LogP contribution in [0.1, 0.15) is 103 Å². The van der Waals surface area contributed by atoms with Crippen LogP contribution in [0.2, 0.25) is 0 Å². The van der Waals surface area contributed by atoms with Crippen molar-refractivity contribution in [2.45, 2.75) is 91.9 Å². The van der Waals surface area contributed by atoms with Gasteiger partial charge >= 0.3 is 0 Å². The standard InChI is InChI=1S/C50H52N3O.Pt/c1-31(2)34-22-35(32(3)4)24-36(23-34)33-20-21-51-44(28-33)38-25-37(26-39(27-38)49(5,6)7)43-29-40(50(8,9)10)30-45-47(43)52-48(42-18-14-15-19-46(42)54)53(45)41-16-12-11-13-17-41;/h11-24,26-32,54H,1-10H3;/q-1;. The third kappa shape index (κ3) is 8.12. The third-order valence-electron chi connectivity index (χ3n) is 10.5. The summed E-state index contributed by atoms with van der Waals surface area (Å²) in [5.41, 5.74) is 14.4. The molecule has 0 amide bonds. The quantitative estimate of drug-likeness (QED) is 0.162. The summed E-state index contributed by atoms with van der Waals surface area (Å²) in [6.45, 7) is 22.6. The van der Waals surface area contributed by atoms with E-state index >= 15 is 0 Å². The van der Waals surface area contributed by atoms with Crippen LogP contribution in [0.3, 0.4) is 0 Å². The Morgan fingerprint density at radius 1 is 0.618 bits per heavy atom. The van der Waals surface area contributed by atoms with Gasteiger partial charge in [-0.1, -0.05) is 141 Å². The van der Waals surface area contributed by atoms with E-state index in [1.165, 1.54) is 27.8 Å². The zero-order valence-electron chi connectivity index (χ0n) is 33.7. The SMILES string of the molecule is CC(C)c1cc(-c2ccnc(-c3[c-]c(-c4cc(C(C)(C)C)cc5c4nc(-c4ccccc4O)n5-c4ccccc4)cc(C(C)(C)C)c3)c2)cc(C(C)C)c1.[Pt]. The Kier molecular flexibility index (Phi) is 11.2. The molecule has 2 aromatic heterocycles. The van der Waals surface area contributed by atoms with Crippen molar-refractivity contribution in [1.82, 2.24) is 14.5 Å². The molecule has 0 radical (unpaired) electrons. The Morgan fingerprint density at radius 2 is 1.22 bits per heavy atom. The van der Waals surface area contributed by atoms with Gasteiger partial charge in [-0.15, -0.1) is 29.3 Å². The number of hydrogen-bond donors (Lipinski definition) is 1. The van der Waals surface area contributed by atoms with Crippen LogP contribution in [0.15, 0.2) is 115 Å². The first-order valence-electron chi connectivity index (χ1n) is 19.2. The van der Waals surface area contributed by atoms with Crippen molar-refractivity contribution < 1.29 is 26.2 Å². The number of phenols is 1. The van der Waals surface area contributed by atoms with Crippen LogP contribution in [0, 0.1) is 6.07 Å². The summed E-state index contributed by atoms with van der Waals surface area (Å²) in [4.78, 5) is 10.3. The summed E-state index contributed by atoms with van der Waals surface area (Å²) in [6, 6.07) is 42.0. The van der Waals surface area contributed by atoms with E-state index in [9.17, 15) is 5.11 Å². The molecule has 55 heavy (non-hydrogen) atoms. The minimum Gasteiger partial charge on any atom is -0.507 e. The van der Waals surface area contributed by atoms with Crippen LogP contribution in [0.25, 0.3) is 61.6 Å². The molecule has 4 nitrogen and oxygen atoms in total. The van der Waals surface area contributed by atoms with E-state index in [1.54, 1.807) is 6.07 Å². The Bertz CT molecular complexity index is 2450.